The number of pyridine rings is 1. The van der Waals surface area contributed by atoms with Crippen LogP contribution in [-0.4, -0.2) is 30.5 Å². The summed E-state index contributed by atoms with van der Waals surface area (Å²) in [5.74, 6) is 0. The van der Waals surface area contributed by atoms with Crippen LogP contribution < -0.4 is 0 Å². The van der Waals surface area contributed by atoms with E-state index in [1.807, 2.05) is 24.3 Å². The lowest BCUT2D eigenvalue weighted by atomic mass is 10.1. The zero-order valence-electron chi connectivity index (χ0n) is 12.5. The molecule has 3 heteroatoms. The number of benzene rings is 1. The summed E-state index contributed by atoms with van der Waals surface area (Å²) >= 11 is 0. The van der Waals surface area contributed by atoms with Crippen LogP contribution in [-0.2, 0) is 6.42 Å². The summed E-state index contributed by atoms with van der Waals surface area (Å²) in [5.41, 5.74) is 5.16. The van der Waals surface area contributed by atoms with Gasteiger partial charge < -0.3 is 9.32 Å². The van der Waals surface area contributed by atoms with E-state index >= 15 is 0 Å². The summed E-state index contributed by atoms with van der Waals surface area (Å²) in [6, 6.07) is 14.4. The maximum Gasteiger partial charge on any atom is 0.152 e. The second-order valence-corrected chi connectivity index (χ2v) is 5.57. The Balaban J connectivity index is 1.89. The highest BCUT2D eigenvalue weighted by molar-refractivity contribution is 5.90. The number of aromatic nitrogens is 1. The molecule has 0 N–H and O–H groups in total. The molecule has 3 rings (SSSR count). The van der Waals surface area contributed by atoms with E-state index in [2.05, 4.69) is 37.2 Å². The Morgan fingerprint density at radius 3 is 2.62 bits per heavy atom. The molecular weight excluding hydrogens is 260 g/mol. The second-order valence-electron chi connectivity index (χ2n) is 5.57. The predicted molar refractivity (Wildman–Crippen MR) is 86.3 cm³/mol. The number of furan rings is 1. The molecule has 0 spiro atoms. The lowest BCUT2D eigenvalue weighted by Crippen LogP contribution is -2.13. The third-order valence-electron chi connectivity index (χ3n) is 3.60. The number of aryl methyl sites for hydroxylation is 1. The van der Waals surface area contributed by atoms with Gasteiger partial charge in [0, 0.05) is 11.3 Å². The topological polar surface area (TPSA) is 29.3 Å². The summed E-state index contributed by atoms with van der Waals surface area (Å²) in [6.45, 7) is 1.08. The molecule has 1 aromatic carbocycles. The normalized spacial score (nSPS) is 11.4. The second kappa shape index (κ2) is 6.10. The van der Waals surface area contributed by atoms with E-state index < -0.39 is 0 Å². The van der Waals surface area contributed by atoms with Crippen LogP contribution in [0.3, 0.4) is 0 Å². The highest BCUT2D eigenvalue weighted by Gasteiger charge is 2.10. The smallest absolute Gasteiger partial charge is 0.152 e. The Hall–Kier alpha value is -2.13. The Labute approximate surface area is 125 Å². The SMILES string of the molecule is CN(C)CCCc1ccc2occ(-c3ccccc3)c2n1. The summed E-state index contributed by atoms with van der Waals surface area (Å²) in [5, 5.41) is 0. The van der Waals surface area contributed by atoms with Gasteiger partial charge in [-0.1, -0.05) is 30.3 Å². The van der Waals surface area contributed by atoms with Crippen LogP contribution in [0.25, 0.3) is 22.2 Å². The Kier molecular flexibility index (Phi) is 4.02. The van der Waals surface area contributed by atoms with Crippen LogP contribution in [0.5, 0.6) is 0 Å². The molecule has 3 nitrogen and oxygen atoms in total. The molecule has 21 heavy (non-hydrogen) atoms. The first-order valence-electron chi connectivity index (χ1n) is 7.31. The zero-order valence-corrected chi connectivity index (χ0v) is 12.5. The molecule has 0 saturated heterocycles. The van der Waals surface area contributed by atoms with Crippen molar-refractivity contribution in [2.75, 3.05) is 20.6 Å². The van der Waals surface area contributed by atoms with Crippen LogP contribution in [0, 0.1) is 0 Å². The highest BCUT2D eigenvalue weighted by Crippen LogP contribution is 2.29. The van der Waals surface area contributed by atoms with Crippen molar-refractivity contribution in [3.63, 3.8) is 0 Å². The van der Waals surface area contributed by atoms with Gasteiger partial charge in [-0.2, -0.15) is 0 Å². The molecule has 0 saturated carbocycles. The minimum absolute atomic E-state index is 0.852. The average molecular weight is 280 g/mol. The lowest BCUT2D eigenvalue weighted by Gasteiger charge is -2.08. The van der Waals surface area contributed by atoms with Gasteiger partial charge in [0.05, 0.1) is 0 Å². The first-order chi connectivity index (χ1) is 10.2. The fraction of sp³-hybridized carbons (Fsp3) is 0.278. The van der Waals surface area contributed by atoms with Gasteiger partial charge in [0.2, 0.25) is 0 Å². The summed E-state index contributed by atoms with van der Waals surface area (Å²) in [6.07, 6.45) is 3.91. The van der Waals surface area contributed by atoms with E-state index in [1.165, 1.54) is 0 Å². The first-order valence-corrected chi connectivity index (χ1v) is 7.31. The van der Waals surface area contributed by atoms with Crippen LogP contribution >= 0.6 is 0 Å². The monoisotopic (exact) mass is 280 g/mol. The van der Waals surface area contributed by atoms with Crippen molar-refractivity contribution in [3.05, 3.63) is 54.4 Å². The van der Waals surface area contributed by atoms with Crippen LogP contribution in [0.1, 0.15) is 12.1 Å². The molecule has 2 aromatic heterocycles. The maximum absolute atomic E-state index is 5.63. The summed E-state index contributed by atoms with van der Waals surface area (Å²) in [4.78, 5) is 7.00. The van der Waals surface area contributed by atoms with Crippen molar-refractivity contribution in [1.29, 1.82) is 0 Å². The summed E-state index contributed by atoms with van der Waals surface area (Å²) < 4.78 is 5.63. The van der Waals surface area contributed by atoms with E-state index in [-0.39, 0.29) is 0 Å². The third kappa shape index (κ3) is 3.14. The van der Waals surface area contributed by atoms with Crippen molar-refractivity contribution in [3.8, 4) is 11.1 Å². The van der Waals surface area contributed by atoms with E-state index in [0.29, 0.717) is 0 Å². The van der Waals surface area contributed by atoms with Gasteiger partial charge in [0.1, 0.15) is 11.8 Å². The van der Waals surface area contributed by atoms with Crippen molar-refractivity contribution >= 4 is 11.1 Å². The molecule has 0 aliphatic heterocycles. The fourth-order valence-corrected chi connectivity index (χ4v) is 2.49. The Morgan fingerprint density at radius 1 is 1.05 bits per heavy atom. The minimum Gasteiger partial charge on any atom is -0.462 e. The first kappa shape index (κ1) is 13.8. The minimum atomic E-state index is 0.852. The lowest BCUT2D eigenvalue weighted by molar-refractivity contribution is 0.399. The molecule has 0 fully saturated rings. The summed E-state index contributed by atoms with van der Waals surface area (Å²) in [7, 11) is 4.19. The number of hydrogen-bond donors (Lipinski definition) is 0. The van der Waals surface area contributed by atoms with Gasteiger partial charge in [-0.25, -0.2) is 4.98 Å². The van der Waals surface area contributed by atoms with Crippen molar-refractivity contribution < 1.29 is 4.42 Å². The van der Waals surface area contributed by atoms with Gasteiger partial charge >= 0.3 is 0 Å². The third-order valence-corrected chi connectivity index (χ3v) is 3.60. The van der Waals surface area contributed by atoms with Gasteiger partial charge in [-0.15, -0.1) is 0 Å². The number of fused-ring (bicyclic) bond motifs is 1. The van der Waals surface area contributed by atoms with E-state index in [9.17, 15) is 0 Å². The number of hydrogen-bond acceptors (Lipinski definition) is 3. The number of nitrogens with zero attached hydrogens (tertiary/aromatic N) is 2. The zero-order chi connectivity index (χ0) is 14.7. The molecule has 0 bridgehead atoms. The van der Waals surface area contributed by atoms with Crippen LogP contribution in [0.4, 0.5) is 0 Å². The molecular formula is C18H20N2O. The highest BCUT2D eigenvalue weighted by atomic mass is 16.3. The van der Waals surface area contributed by atoms with Crippen molar-refractivity contribution in [2.45, 2.75) is 12.8 Å². The Morgan fingerprint density at radius 2 is 1.86 bits per heavy atom. The fourth-order valence-electron chi connectivity index (χ4n) is 2.49. The quantitative estimate of drug-likeness (QED) is 0.707. The molecule has 2 heterocycles. The van der Waals surface area contributed by atoms with Crippen LogP contribution in [0.15, 0.2) is 53.1 Å². The molecule has 0 aliphatic rings. The average Bonchev–Trinajstić information content (AvgIpc) is 2.91. The molecule has 0 unspecified atom stereocenters. The molecule has 108 valence electrons. The molecule has 0 amide bonds. The molecule has 0 aliphatic carbocycles. The predicted octanol–water partition coefficient (Wildman–Crippen LogP) is 3.99. The Bertz CT molecular complexity index is 716. The van der Waals surface area contributed by atoms with E-state index in [1.54, 1.807) is 6.26 Å². The van der Waals surface area contributed by atoms with E-state index in [4.69, 9.17) is 9.40 Å². The van der Waals surface area contributed by atoms with Gasteiger partial charge in [-0.3, -0.25) is 0 Å². The molecule has 3 aromatic rings. The van der Waals surface area contributed by atoms with Gasteiger partial charge in [0.15, 0.2) is 5.58 Å². The van der Waals surface area contributed by atoms with E-state index in [0.717, 1.165) is 47.3 Å². The number of rotatable bonds is 5. The largest absolute Gasteiger partial charge is 0.462 e. The van der Waals surface area contributed by atoms with Crippen molar-refractivity contribution in [1.82, 2.24) is 9.88 Å². The van der Waals surface area contributed by atoms with Gasteiger partial charge in [0.25, 0.3) is 0 Å². The van der Waals surface area contributed by atoms with Gasteiger partial charge in [-0.05, 0) is 51.2 Å². The maximum atomic E-state index is 5.63. The molecule has 0 radical (unpaired) electrons. The van der Waals surface area contributed by atoms with Crippen molar-refractivity contribution in [2.24, 2.45) is 0 Å². The van der Waals surface area contributed by atoms with Crippen LogP contribution in [0.2, 0.25) is 0 Å². The standard InChI is InChI=1S/C18H20N2O/c1-20(2)12-6-9-15-10-11-17-18(19-15)16(13-21-17)14-7-4-3-5-8-14/h3-5,7-8,10-11,13H,6,9,12H2,1-2H3. The molecule has 0 atom stereocenters.